The van der Waals surface area contributed by atoms with Crippen molar-refractivity contribution in [2.75, 3.05) is 0 Å². The van der Waals surface area contributed by atoms with Crippen LogP contribution in [0.15, 0.2) is 18.2 Å². The van der Waals surface area contributed by atoms with Crippen molar-refractivity contribution < 1.29 is 19.8 Å². The van der Waals surface area contributed by atoms with Crippen molar-refractivity contribution in [3.05, 3.63) is 34.9 Å². The lowest BCUT2D eigenvalue weighted by molar-refractivity contribution is -0.139. The maximum atomic E-state index is 11.3. The number of carboxylic acids is 2. The molecule has 0 bridgehead atoms. The van der Waals surface area contributed by atoms with E-state index in [1.54, 1.807) is 12.1 Å². The topological polar surface area (TPSA) is 74.6 Å². The molecular formula is C15H20O4. The molecule has 104 valence electrons. The first-order valence-electron chi connectivity index (χ1n) is 6.48. The highest BCUT2D eigenvalue weighted by atomic mass is 16.4. The molecule has 0 saturated heterocycles. The molecule has 0 spiro atoms. The molecule has 19 heavy (non-hydrogen) atoms. The van der Waals surface area contributed by atoms with Crippen LogP contribution in [0, 0.1) is 6.92 Å². The quantitative estimate of drug-likeness (QED) is 0.827. The first kappa shape index (κ1) is 15.2. The van der Waals surface area contributed by atoms with Gasteiger partial charge in [-0.15, -0.1) is 0 Å². The van der Waals surface area contributed by atoms with Gasteiger partial charge in [0.15, 0.2) is 0 Å². The van der Waals surface area contributed by atoms with E-state index in [1.165, 1.54) is 0 Å². The molecule has 1 aromatic carbocycles. The zero-order chi connectivity index (χ0) is 14.6. The Morgan fingerprint density at radius 1 is 1.05 bits per heavy atom. The van der Waals surface area contributed by atoms with Crippen molar-refractivity contribution in [1.82, 2.24) is 0 Å². The third-order valence-electron chi connectivity index (χ3n) is 3.49. The Hall–Kier alpha value is -1.84. The standard InChI is InChI=1S/C15H20O4/c1-4-11(14(16)17)10-7-6-9(3)13(8-10)12(5-2)15(18)19/h6-8,11-12H,4-5H2,1-3H3,(H,16,17)(H,18,19). The van der Waals surface area contributed by atoms with Gasteiger partial charge in [0.05, 0.1) is 11.8 Å². The van der Waals surface area contributed by atoms with Gasteiger partial charge in [-0.05, 0) is 36.5 Å². The fourth-order valence-electron chi connectivity index (χ4n) is 2.33. The smallest absolute Gasteiger partial charge is 0.310 e. The minimum Gasteiger partial charge on any atom is -0.481 e. The molecule has 2 atom stereocenters. The number of aryl methyl sites for hydroxylation is 1. The molecular weight excluding hydrogens is 244 g/mol. The molecule has 2 N–H and O–H groups in total. The highest BCUT2D eigenvalue weighted by Gasteiger charge is 2.23. The molecule has 0 fully saturated rings. The maximum Gasteiger partial charge on any atom is 0.310 e. The summed E-state index contributed by atoms with van der Waals surface area (Å²) in [6.45, 7) is 5.48. The summed E-state index contributed by atoms with van der Waals surface area (Å²) in [6.07, 6.45) is 0.977. The fraction of sp³-hybridized carbons (Fsp3) is 0.467. The second-order valence-electron chi connectivity index (χ2n) is 4.71. The minimum absolute atomic E-state index is 0.488. The van der Waals surface area contributed by atoms with Crippen molar-refractivity contribution in [3.8, 4) is 0 Å². The van der Waals surface area contributed by atoms with E-state index in [0.717, 1.165) is 5.56 Å². The Balaban J connectivity index is 3.27. The summed E-state index contributed by atoms with van der Waals surface area (Å²) in [6, 6.07) is 5.32. The predicted octanol–water partition coefficient (Wildman–Crippen LogP) is 3.15. The van der Waals surface area contributed by atoms with E-state index in [9.17, 15) is 19.8 Å². The molecule has 1 rings (SSSR count). The first-order valence-corrected chi connectivity index (χ1v) is 6.48. The molecule has 0 amide bonds. The number of aliphatic carboxylic acids is 2. The van der Waals surface area contributed by atoms with Crippen LogP contribution in [-0.2, 0) is 9.59 Å². The van der Waals surface area contributed by atoms with Crippen LogP contribution >= 0.6 is 0 Å². The Bertz CT molecular complexity index is 479. The molecule has 0 aliphatic carbocycles. The van der Waals surface area contributed by atoms with Crippen LogP contribution < -0.4 is 0 Å². The third-order valence-corrected chi connectivity index (χ3v) is 3.49. The summed E-state index contributed by atoms with van der Waals surface area (Å²) in [5, 5.41) is 18.4. The van der Waals surface area contributed by atoms with Crippen molar-refractivity contribution in [2.45, 2.75) is 45.4 Å². The summed E-state index contributed by atoms with van der Waals surface area (Å²) in [5.74, 6) is -2.90. The van der Waals surface area contributed by atoms with E-state index in [0.29, 0.717) is 24.0 Å². The number of rotatable bonds is 6. The third kappa shape index (κ3) is 3.34. The lowest BCUT2D eigenvalue weighted by Gasteiger charge is -2.17. The van der Waals surface area contributed by atoms with Crippen molar-refractivity contribution in [1.29, 1.82) is 0 Å². The molecule has 4 heteroatoms. The van der Waals surface area contributed by atoms with Gasteiger partial charge >= 0.3 is 11.9 Å². The van der Waals surface area contributed by atoms with E-state index in [-0.39, 0.29) is 0 Å². The lowest BCUT2D eigenvalue weighted by atomic mass is 9.87. The van der Waals surface area contributed by atoms with Gasteiger partial charge < -0.3 is 10.2 Å². The van der Waals surface area contributed by atoms with Crippen molar-refractivity contribution in [2.24, 2.45) is 0 Å². The van der Waals surface area contributed by atoms with Crippen LogP contribution in [0.2, 0.25) is 0 Å². The Kier molecular flexibility index (Phi) is 5.10. The number of hydrogen-bond donors (Lipinski definition) is 2. The van der Waals surface area contributed by atoms with Gasteiger partial charge in [-0.1, -0.05) is 32.0 Å². The van der Waals surface area contributed by atoms with E-state index in [2.05, 4.69) is 0 Å². The van der Waals surface area contributed by atoms with Gasteiger partial charge in [0, 0.05) is 0 Å². The fourth-order valence-corrected chi connectivity index (χ4v) is 2.33. The second kappa shape index (κ2) is 6.36. The first-order chi connectivity index (χ1) is 8.92. The van der Waals surface area contributed by atoms with Crippen LogP contribution in [0.4, 0.5) is 0 Å². The van der Waals surface area contributed by atoms with Gasteiger partial charge in [-0.25, -0.2) is 0 Å². The van der Waals surface area contributed by atoms with Crippen LogP contribution in [0.5, 0.6) is 0 Å². The Morgan fingerprint density at radius 2 is 1.58 bits per heavy atom. The lowest BCUT2D eigenvalue weighted by Crippen LogP contribution is -2.15. The van der Waals surface area contributed by atoms with Gasteiger partial charge in [0.1, 0.15) is 0 Å². The molecule has 0 saturated carbocycles. The monoisotopic (exact) mass is 264 g/mol. The normalized spacial score (nSPS) is 13.8. The second-order valence-corrected chi connectivity index (χ2v) is 4.71. The van der Waals surface area contributed by atoms with Crippen LogP contribution in [0.1, 0.15) is 55.2 Å². The van der Waals surface area contributed by atoms with Gasteiger partial charge in [0.25, 0.3) is 0 Å². The van der Waals surface area contributed by atoms with Crippen LogP contribution in [0.3, 0.4) is 0 Å². The zero-order valence-corrected chi connectivity index (χ0v) is 11.5. The molecule has 0 radical (unpaired) electrons. The molecule has 0 aromatic heterocycles. The van der Waals surface area contributed by atoms with Crippen molar-refractivity contribution >= 4 is 11.9 Å². The van der Waals surface area contributed by atoms with Gasteiger partial charge in [-0.3, -0.25) is 9.59 Å². The number of benzene rings is 1. The summed E-state index contributed by atoms with van der Waals surface area (Å²) >= 11 is 0. The molecule has 4 nitrogen and oxygen atoms in total. The highest BCUT2D eigenvalue weighted by molar-refractivity contribution is 5.78. The zero-order valence-electron chi connectivity index (χ0n) is 11.5. The highest BCUT2D eigenvalue weighted by Crippen LogP contribution is 2.28. The predicted molar refractivity (Wildman–Crippen MR) is 72.5 cm³/mol. The van der Waals surface area contributed by atoms with Crippen LogP contribution in [0.25, 0.3) is 0 Å². The van der Waals surface area contributed by atoms with Gasteiger partial charge in [-0.2, -0.15) is 0 Å². The molecule has 0 heterocycles. The van der Waals surface area contributed by atoms with E-state index < -0.39 is 23.8 Å². The van der Waals surface area contributed by atoms with E-state index >= 15 is 0 Å². The van der Waals surface area contributed by atoms with Crippen molar-refractivity contribution in [3.63, 3.8) is 0 Å². The van der Waals surface area contributed by atoms with Gasteiger partial charge in [0.2, 0.25) is 0 Å². The number of carboxylic acid groups (broad SMARTS) is 2. The van der Waals surface area contributed by atoms with Crippen LogP contribution in [-0.4, -0.2) is 22.2 Å². The maximum absolute atomic E-state index is 11.3. The number of hydrogen-bond acceptors (Lipinski definition) is 2. The summed E-state index contributed by atoms with van der Waals surface area (Å²) in [7, 11) is 0. The number of carbonyl (C=O) groups is 2. The SMILES string of the molecule is CCC(C(=O)O)c1ccc(C)c(C(CC)C(=O)O)c1. The average molecular weight is 264 g/mol. The summed E-state index contributed by atoms with van der Waals surface area (Å²) in [4.78, 5) is 22.4. The molecule has 0 aliphatic rings. The molecule has 1 aromatic rings. The summed E-state index contributed by atoms with van der Waals surface area (Å²) in [5.41, 5.74) is 2.28. The van der Waals surface area contributed by atoms with E-state index in [4.69, 9.17) is 0 Å². The Labute approximate surface area is 113 Å². The summed E-state index contributed by atoms with van der Waals surface area (Å²) < 4.78 is 0. The molecule has 2 unspecified atom stereocenters. The molecule has 0 aliphatic heterocycles. The largest absolute Gasteiger partial charge is 0.481 e. The average Bonchev–Trinajstić information content (AvgIpc) is 2.33. The minimum atomic E-state index is -0.874. The van der Waals surface area contributed by atoms with E-state index in [1.807, 2.05) is 26.8 Å². The Morgan fingerprint density at radius 3 is 2.00 bits per heavy atom.